The molecule has 20 heavy (non-hydrogen) atoms. The van der Waals surface area contributed by atoms with Crippen molar-refractivity contribution >= 4 is 28.8 Å². The summed E-state index contributed by atoms with van der Waals surface area (Å²) in [6, 6.07) is 7.00. The molecule has 104 valence electrons. The molecule has 2 aromatic rings. The normalized spacial score (nSPS) is 10.1. The molecule has 0 bridgehead atoms. The van der Waals surface area contributed by atoms with Crippen molar-refractivity contribution in [3.63, 3.8) is 0 Å². The van der Waals surface area contributed by atoms with Gasteiger partial charge in [-0.25, -0.2) is 4.98 Å². The number of halogens is 1. The molecule has 0 amide bonds. The average molecular weight is 295 g/mol. The van der Waals surface area contributed by atoms with Crippen LogP contribution in [0.4, 0.5) is 17.2 Å². The van der Waals surface area contributed by atoms with Crippen LogP contribution in [0.2, 0.25) is 5.28 Å². The van der Waals surface area contributed by atoms with Crippen LogP contribution < -0.4 is 10.1 Å². The lowest BCUT2D eigenvalue weighted by Crippen LogP contribution is -2.01. The molecule has 0 saturated carbocycles. The summed E-state index contributed by atoms with van der Waals surface area (Å²) < 4.78 is 5.35. The zero-order valence-corrected chi connectivity index (χ0v) is 11.3. The minimum absolute atomic E-state index is 0.0312. The first kappa shape index (κ1) is 14.0. The molecule has 7 nitrogen and oxygen atoms in total. The van der Waals surface area contributed by atoms with Gasteiger partial charge in [0, 0.05) is 11.8 Å². The Morgan fingerprint density at radius 3 is 3.00 bits per heavy atom. The Morgan fingerprint density at radius 1 is 1.50 bits per heavy atom. The third-order valence-corrected chi connectivity index (χ3v) is 2.53. The van der Waals surface area contributed by atoms with Crippen LogP contribution in [0.3, 0.4) is 0 Å². The van der Waals surface area contributed by atoms with E-state index in [-0.39, 0.29) is 16.8 Å². The minimum atomic E-state index is -0.578. The average Bonchev–Trinajstić information content (AvgIpc) is 2.39. The lowest BCUT2D eigenvalue weighted by atomic mass is 10.3. The molecule has 0 aliphatic carbocycles. The van der Waals surface area contributed by atoms with E-state index in [0.717, 1.165) is 6.20 Å². The molecule has 2 rings (SSSR count). The van der Waals surface area contributed by atoms with Crippen molar-refractivity contribution < 1.29 is 9.66 Å². The smallest absolute Gasteiger partial charge is 0.329 e. The largest absolute Gasteiger partial charge is 0.494 e. The van der Waals surface area contributed by atoms with Crippen LogP contribution in [0, 0.1) is 10.1 Å². The molecule has 0 aliphatic heterocycles. The highest BCUT2D eigenvalue weighted by Crippen LogP contribution is 2.27. The predicted molar refractivity (Wildman–Crippen MR) is 74.6 cm³/mol. The zero-order valence-electron chi connectivity index (χ0n) is 10.5. The molecular weight excluding hydrogens is 284 g/mol. The molecule has 0 aliphatic rings. The summed E-state index contributed by atoms with van der Waals surface area (Å²) in [4.78, 5) is 17.8. The summed E-state index contributed by atoms with van der Waals surface area (Å²) in [6.07, 6.45) is 1.06. The number of nitrogens with zero attached hydrogens (tertiary/aromatic N) is 3. The number of nitro groups is 1. The van der Waals surface area contributed by atoms with Crippen LogP contribution in [0.25, 0.3) is 0 Å². The maximum absolute atomic E-state index is 10.9. The first-order valence-electron chi connectivity index (χ1n) is 5.77. The molecule has 0 radical (unpaired) electrons. The molecule has 1 N–H and O–H groups in total. The quantitative estimate of drug-likeness (QED) is 0.517. The highest BCUT2D eigenvalue weighted by Gasteiger charge is 2.17. The van der Waals surface area contributed by atoms with Gasteiger partial charge in [-0.1, -0.05) is 6.07 Å². The molecule has 1 aromatic heterocycles. The fourth-order valence-corrected chi connectivity index (χ4v) is 1.68. The van der Waals surface area contributed by atoms with Crippen molar-refractivity contribution in [3.8, 4) is 5.75 Å². The third-order valence-electron chi connectivity index (χ3n) is 2.34. The van der Waals surface area contributed by atoms with Crippen molar-refractivity contribution in [2.75, 3.05) is 11.9 Å². The van der Waals surface area contributed by atoms with Gasteiger partial charge in [0.05, 0.1) is 11.5 Å². The molecule has 1 aromatic carbocycles. The number of ether oxygens (including phenoxy) is 1. The first-order chi connectivity index (χ1) is 9.60. The van der Waals surface area contributed by atoms with Crippen LogP contribution in [0.1, 0.15) is 6.92 Å². The van der Waals surface area contributed by atoms with Crippen molar-refractivity contribution in [1.29, 1.82) is 0 Å². The van der Waals surface area contributed by atoms with Gasteiger partial charge in [-0.15, -0.1) is 0 Å². The Bertz CT molecular complexity index is 636. The lowest BCUT2D eigenvalue weighted by molar-refractivity contribution is -0.384. The van der Waals surface area contributed by atoms with Crippen molar-refractivity contribution in [1.82, 2.24) is 9.97 Å². The fraction of sp³-hybridized carbons (Fsp3) is 0.167. The maximum Gasteiger partial charge on any atom is 0.329 e. The topological polar surface area (TPSA) is 90.2 Å². The molecule has 0 fully saturated rings. The number of rotatable bonds is 5. The Morgan fingerprint density at radius 2 is 2.30 bits per heavy atom. The number of anilines is 2. The second kappa shape index (κ2) is 6.16. The van der Waals surface area contributed by atoms with Crippen LogP contribution in [0.5, 0.6) is 5.75 Å². The van der Waals surface area contributed by atoms with Crippen LogP contribution in [0.15, 0.2) is 30.5 Å². The fourth-order valence-electron chi connectivity index (χ4n) is 1.55. The zero-order chi connectivity index (χ0) is 14.5. The predicted octanol–water partition coefficient (Wildman–Crippen LogP) is 3.18. The van der Waals surface area contributed by atoms with Gasteiger partial charge < -0.3 is 10.1 Å². The summed E-state index contributed by atoms with van der Waals surface area (Å²) in [6.45, 7) is 2.40. The van der Waals surface area contributed by atoms with E-state index in [4.69, 9.17) is 16.3 Å². The van der Waals surface area contributed by atoms with E-state index in [1.54, 1.807) is 24.3 Å². The maximum atomic E-state index is 10.9. The second-order valence-corrected chi connectivity index (χ2v) is 4.05. The van der Waals surface area contributed by atoms with Crippen LogP contribution in [-0.4, -0.2) is 21.5 Å². The van der Waals surface area contributed by atoms with E-state index < -0.39 is 4.92 Å². The van der Waals surface area contributed by atoms with E-state index in [2.05, 4.69) is 15.3 Å². The van der Waals surface area contributed by atoms with Gasteiger partial charge in [0.25, 0.3) is 0 Å². The van der Waals surface area contributed by atoms with Crippen molar-refractivity contribution in [2.24, 2.45) is 0 Å². The Hall–Kier alpha value is -2.41. The Kier molecular flexibility index (Phi) is 4.31. The number of hydrogen-bond donors (Lipinski definition) is 1. The molecule has 0 saturated heterocycles. The van der Waals surface area contributed by atoms with Gasteiger partial charge in [0.2, 0.25) is 11.1 Å². The molecular formula is C12H11ClN4O3. The van der Waals surface area contributed by atoms with Gasteiger partial charge in [-0.05, 0) is 30.7 Å². The van der Waals surface area contributed by atoms with E-state index in [1.165, 1.54) is 0 Å². The highest BCUT2D eigenvalue weighted by molar-refractivity contribution is 6.28. The van der Waals surface area contributed by atoms with E-state index in [0.29, 0.717) is 18.0 Å². The summed E-state index contributed by atoms with van der Waals surface area (Å²) in [7, 11) is 0. The minimum Gasteiger partial charge on any atom is -0.494 e. The SMILES string of the molecule is CCOc1cccc(Nc2nc(Cl)ncc2[N+](=O)[O-])c1. The Labute approximate surface area is 119 Å². The molecule has 0 spiro atoms. The number of benzene rings is 1. The van der Waals surface area contributed by atoms with Crippen LogP contribution in [-0.2, 0) is 0 Å². The van der Waals surface area contributed by atoms with Gasteiger partial charge in [-0.2, -0.15) is 4.98 Å². The van der Waals surface area contributed by atoms with Gasteiger partial charge in [0.1, 0.15) is 11.9 Å². The van der Waals surface area contributed by atoms with E-state index >= 15 is 0 Å². The van der Waals surface area contributed by atoms with Crippen molar-refractivity contribution in [3.05, 3.63) is 45.9 Å². The summed E-state index contributed by atoms with van der Waals surface area (Å²) >= 11 is 5.66. The molecule has 1 heterocycles. The van der Waals surface area contributed by atoms with Crippen LogP contribution >= 0.6 is 11.6 Å². The molecule has 0 unspecified atom stereocenters. The standard InChI is InChI=1S/C12H11ClN4O3/c1-2-20-9-5-3-4-8(6-9)15-11-10(17(18)19)7-14-12(13)16-11/h3-7H,2H2,1H3,(H,14,15,16). The number of nitrogens with one attached hydrogen (secondary N) is 1. The summed E-state index contributed by atoms with van der Waals surface area (Å²) in [5, 5.41) is 13.7. The van der Waals surface area contributed by atoms with Crippen molar-refractivity contribution in [2.45, 2.75) is 6.92 Å². The van der Waals surface area contributed by atoms with Gasteiger partial charge in [-0.3, -0.25) is 10.1 Å². The second-order valence-electron chi connectivity index (χ2n) is 3.72. The lowest BCUT2D eigenvalue weighted by Gasteiger charge is -2.08. The third kappa shape index (κ3) is 3.33. The summed E-state index contributed by atoms with van der Waals surface area (Å²) in [5.41, 5.74) is 0.352. The van der Waals surface area contributed by atoms with Gasteiger partial charge in [0.15, 0.2) is 0 Å². The van der Waals surface area contributed by atoms with E-state index in [9.17, 15) is 10.1 Å². The Balaban J connectivity index is 2.31. The molecule has 0 atom stereocenters. The highest BCUT2D eigenvalue weighted by atomic mass is 35.5. The van der Waals surface area contributed by atoms with Gasteiger partial charge >= 0.3 is 5.69 Å². The summed E-state index contributed by atoms with van der Waals surface area (Å²) in [5.74, 6) is 0.684. The monoisotopic (exact) mass is 294 g/mol. The number of hydrogen-bond acceptors (Lipinski definition) is 6. The first-order valence-corrected chi connectivity index (χ1v) is 6.14. The number of aromatic nitrogens is 2. The van der Waals surface area contributed by atoms with E-state index in [1.807, 2.05) is 6.92 Å². The molecule has 8 heteroatoms.